The van der Waals surface area contributed by atoms with Gasteiger partial charge in [-0.2, -0.15) is 17.0 Å². The second-order valence-corrected chi connectivity index (χ2v) is 5.02. The van der Waals surface area contributed by atoms with Crippen molar-refractivity contribution >= 4 is 11.8 Å². The Morgan fingerprint density at radius 3 is 3.29 bits per heavy atom. The molecule has 78 valence electrons. The molecule has 2 heterocycles. The molecule has 0 radical (unpaired) electrons. The van der Waals surface area contributed by atoms with E-state index >= 15 is 0 Å². The van der Waals surface area contributed by atoms with Crippen LogP contribution in [0.25, 0.3) is 0 Å². The maximum atomic E-state index is 3.91. The first-order valence-corrected chi connectivity index (χ1v) is 5.98. The molecule has 1 saturated heterocycles. The third-order valence-corrected chi connectivity index (χ3v) is 3.90. The molecule has 0 aliphatic carbocycles. The van der Waals surface area contributed by atoms with Crippen LogP contribution in [0.5, 0.6) is 0 Å². The minimum atomic E-state index is 0.590. The highest BCUT2D eigenvalue weighted by atomic mass is 32.2. The van der Waals surface area contributed by atoms with E-state index in [1.54, 1.807) is 0 Å². The molecule has 0 amide bonds. The number of hydrogen-bond donors (Lipinski definition) is 2. The summed E-state index contributed by atoms with van der Waals surface area (Å²) < 4.78 is 0. The van der Waals surface area contributed by atoms with Crippen LogP contribution >= 0.6 is 11.8 Å². The van der Waals surface area contributed by atoms with Crippen LogP contribution in [0, 0.1) is 0 Å². The fraction of sp³-hybridized carbons (Fsp3) is 0.875. The third-order valence-electron chi connectivity index (χ3n) is 2.52. The number of tetrazole rings is 1. The molecule has 2 N–H and O–H groups in total. The van der Waals surface area contributed by atoms with Gasteiger partial charge in [0.05, 0.1) is 6.54 Å². The first-order chi connectivity index (χ1) is 6.86. The van der Waals surface area contributed by atoms with Crippen molar-refractivity contribution in [2.45, 2.75) is 37.6 Å². The monoisotopic (exact) mass is 213 g/mol. The number of thioether (sulfide) groups is 1. The molecule has 5 nitrogen and oxygen atoms in total. The number of rotatable bonds is 3. The normalized spacial score (nSPS) is 27.8. The fourth-order valence-electron chi connectivity index (χ4n) is 1.67. The highest BCUT2D eigenvalue weighted by Crippen LogP contribution is 2.24. The van der Waals surface area contributed by atoms with Gasteiger partial charge < -0.3 is 5.32 Å². The number of H-pyrrole nitrogens is 1. The van der Waals surface area contributed by atoms with Gasteiger partial charge in [-0.1, -0.05) is 12.1 Å². The predicted octanol–water partition coefficient (Wildman–Crippen LogP) is 0.573. The van der Waals surface area contributed by atoms with Crippen molar-refractivity contribution in [3.63, 3.8) is 0 Å². The second kappa shape index (κ2) is 4.75. The Morgan fingerprint density at radius 1 is 1.64 bits per heavy atom. The van der Waals surface area contributed by atoms with Gasteiger partial charge in [0.1, 0.15) is 0 Å². The van der Waals surface area contributed by atoms with Gasteiger partial charge >= 0.3 is 0 Å². The van der Waals surface area contributed by atoms with E-state index in [4.69, 9.17) is 0 Å². The summed E-state index contributed by atoms with van der Waals surface area (Å²) in [6.07, 6.45) is 2.56. The third kappa shape index (κ3) is 2.45. The molecule has 1 fully saturated rings. The molecule has 1 aliphatic rings. The van der Waals surface area contributed by atoms with Gasteiger partial charge in [-0.05, 0) is 18.6 Å². The lowest BCUT2D eigenvalue weighted by molar-refractivity contribution is 0.455. The maximum Gasteiger partial charge on any atom is 0.188 e. The highest BCUT2D eigenvalue weighted by molar-refractivity contribution is 7.99. The number of aromatic amines is 1. The van der Waals surface area contributed by atoms with Crippen LogP contribution in [-0.4, -0.2) is 37.7 Å². The second-order valence-electron chi connectivity index (χ2n) is 3.53. The number of nitrogens with zero attached hydrogens (tertiary/aromatic N) is 3. The maximum absolute atomic E-state index is 3.91. The molecule has 0 saturated carbocycles. The van der Waals surface area contributed by atoms with E-state index < -0.39 is 0 Å². The van der Waals surface area contributed by atoms with E-state index in [1.807, 2.05) is 11.8 Å². The summed E-state index contributed by atoms with van der Waals surface area (Å²) in [6, 6.07) is 0.590. The number of hydrogen-bond acceptors (Lipinski definition) is 5. The average Bonchev–Trinajstić information content (AvgIpc) is 2.69. The lowest BCUT2D eigenvalue weighted by Gasteiger charge is -2.28. The van der Waals surface area contributed by atoms with Crippen molar-refractivity contribution in [3.8, 4) is 0 Å². The quantitative estimate of drug-likeness (QED) is 0.768. The molecule has 2 unspecified atom stereocenters. The number of nitrogens with one attached hydrogen (secondary N) is 2. The summed E-state index contributed by atoms with van der Waals surface area (Å²) in [5.41, 5.74) is 0. The van der Waals surface area contributed by atoms with Gasteiger partial charge in [0, 0.05) is 11.3 Å². The van der Waals surface area contributed by atoms with E-state index in [0.717, 1.165) is 5.82 Å². The van der Waals surface area contributed by atoms with Crippen LogP contribution in [0.4, 0.5) is 0 Å². The molecule has 0 spiro atoms. The van der Waals surface area contributed by atoms with Crippen molar-refractivity contribution in [1.82, 2.24) is 25.9 Å². The van der Waals surface area contributed by atoms with Crippen LogP contribution in [0.1, 0.15) is 25.6 Å². The van der Waals surface area contributed by atoms with E-state index in [0.29, 0.717) is 17.8 Å². The van der Waals surface area contributed by atoms with E-state index in [9.17, 15) is 0 Å². The molecule has 2 atom stereocenters. The van der Waals surface area contributed by atoms with Crippen molar-refractivity contribution in [1.29, 1.82) is 0 Å². The lowest BCUT2D eigenvalue weighted by atomic mass is 10.1. The molecule has 0 aromatic carbocycles. The Balaban J connectivity index is 1.79. The van der Waals surface area contributed by atoms with Crippen molar-refractivity contribution in [2.75, 3.05) is 5.75 Å². The Bertz CT molecular complexity index is 263. The molecular weight excluding hydrogens is 198 g/mol. The Hall–Kier alpha value is -0.620. The van der Waals surface area contributed by atoms with Crippen LogP contribution in [0.2, 0.25) is 0 Å². The fourth-order valence-corrected chi connectivity index (χ4v) is 2.84. The van der Waals surface area contributed by atoms with E-state index in [1.165, 1.54) is 18.6 Å². The summed E-state index contributed by atoms with van der Waals surface area (Å²) in [6.45, 7) is 2.99. The molecule has 14 heavy (non-hydrogen) atoms. The Labute approximate surface area is 87.4 Å². The molecule has 2 rings (SSSR count). The van der Waals surface area contributed by atoms with Crippen molar-refractivity contribution in [2.24, 2.45) is 0 Å². The average molecular weight is 213 g/mol. The van der Waals surface area contributed by atoms with Gasteiger partial charge in [0.15, 0.2) is 5.82 Å². The van der Waals surface area contributed by atoms with Crippen LogP contribution in [0.15, 0.2) is 0 Å². The van der Waals surface area contributed by atoms with Gasteiger partial charge in [0.25, 0.3) is 0 Å². The molecular formula is C8H15N5S. The largest absolute Gasteiger partial charge is 0.306 e. The van der Waals surface area contributed by atoms with Crippen molar-refractivity contribution in [3.05, 3.63) is 5.82 Å². The van der Waals surface area contributed by atoms with Crippen LogP contribution < -0.4 is 5.32 Å². The first-order valence-electron chi connectivity index (χ1n) is 4.93. The standard InChI is InChI=1S/C8H15N5S/c1-6-7(3-2-4-14-6)9-5-8-10-12-13-11-8/h6-7,9H,2-5H2,1H3,(H,10,11,12,13). The minimum Gasteiger partial charge on any atom is -0.306 e. The molecule has 1 aromatic rings. The van der Waals surface area contributed by atoms with Gasteiger partial charge in [-0.15, -0.1) is 10.2 Å². The lowest BCUT2D eigenvalue weighted by Crippen LogP contribution is -2.39. The smallest absolute Gasteiger partial charge is 0.188 e. The highest BCUT2D eigenvalue weighted by Gasteiger charge is 2.21. The molecule has 1 aliphatic heterocycles. The SMILES string of the molecule is CC1SCCCC1NCc1nn[nH]n1. The molecule has 6 heteroatoms. The van der Waals surface area contributed by atoms with Gasteiger partial charge in [0.2, 0.25) is 0 Å². The zero-order valence-electron chi connectivity index (χ0n) is 8.23. The van der Waals surface area contributed by atoms with Crippen LogP contribution in [0.3, 0.4) is 0 Å². The molecule has 1 aromatic heterocycles. The summed E-state index contributed by atoms with van der Waals surface area (Å²) in [5.74, 6) is 2.04. The summed E-state index contributed by atoms with van der Waals surface area (Å²) >= 11 is 2.04. The first kappa shape index (κ1) is 9.92. The Kier molecular flexibility index (Phi) is 3.36. The van der Waals surface area contributed by atoms with Crippen LogP contribution in [-0.2, 0) is 6.54 Å². The molecule has 0 bridgehead atoms. The van der Waals surface area contributed by atoms with E-state index in [2.05, 4.69) is 32.9 Å². The number of aromatic nitrogens is 4. The zero-order valence-corrected chi connectivity index (χ0v) is 9.05. The Morgan fingerprint density at radius 2 is 2.57 bits per heavy atom. The zero-order chi connectivity index (χ0) is 9.80. The predicted molar refractivity (Wildman–Crippen MR) is 56.0 cm³/mol. The topological polar surface area (TPSA) is 66.5 Å². The van der Waals surface area contributed by atoms with Crippen molar-refractivity contribution < 1.29 is 0 Å². The van der Waals surface area contributed by atoms with Gasteiger partial charge in [-0.25, -0.2) is 0 Å². The summed E-state index contributed by atoms with van der Waals surface area (Å²) in [4.78, 5) is 0. The van der Waals surface area contributed by atoms with Gasteiger partial charge in [-0.3, -0.25) is 0 Å². The summed E-state index contributed by atoms with van der Waals surface area (Å²) in [7, 11) is 0. The summed E-state index contributed by atoms with van der Waals surface area (Å²) in [5, 5.41) is 18.0. The van der Waals surface area contributed by atoms with E-state index in [-0.39, 0.29) is 0 Å². The minimum absolute atomic E-state index is 0.590.